The molecule has 0 unspecified atom stereocenters. The average molecular weight is 244 g/mol. The van der Waals surface area contributed by atoms with Crippen molar-refractivity contribution >= 4 is 6.29 Å². The Morgan fingerprint density at radius 3 is 1.78 bits per heavy atom. The smallest absolute Gasteiger partial charge is 0.116 e. The highest BCUT2D eigenvalue weighted by molar-refractivity contribution is 5.45. The van der Waals surface area contributed by atoms with Crippen LogP contribution < -0.4 is 0 Å². The van der Waals surface area contributed by atoms with E-state index in [1.807, 2.05) is 0 Å². The largest absolute Gasteiger partial charge is 0.304 e. The molecule has 3 rings (SSSR count). The Bertz CT molecular complexity index is 406. The van der Waals surface area contributed by atoms with Gasteiger partial charge in [-0.25, -0.2) is 0 Å². The lowest BCUT2D eigenvalue weighted by Crippen LogP contribution is -2.15. The number of aryl methyl sites for hydroxylation is 2. The van der Waals surface area contributed by atoms with Crippen LogP contribution in [0.25, 0.3) is 0 Å². The van der Waals surface area contributed by atoms with E-state index < -0.39 is 0 Å². The maximum Gasteiger partial charge on any atom is 0.116 e. The second-order valence-corrected chi connectivity index (χ2v) is 5.95. The van der Waals surface area contributed by atoms with Crippen LogP contribution in [0.2, 0.25) is 0 Å². The van der Waals surface area contributed by atoms with Crippen molar-refractivity contribution in [2.75, 3.05) is 0 Å². The molecule has 1 nitrogen and oxygen atoms in total. The Morgan fingerprint density at radius 2 is 1.39 bits per heavy atom. The highest BCUT2D eigenvalue weighted by atomic mass is 16.1. The van der Waals surface area contributed by atoms with Gasteiger partial charge >= 0.3 is 0 Å². The van der Waals surface area contributed by atoms with Crippen molar-refractivity contribution in [1.82, 2.24) is 0 Å². The van der Waals surface area contributed by atoms with Crippen molar-refractivity contribution in [1.29, 1.82) is 0 Å². The van der Waals surface area contributed by atoms with Crippen LogP contribution in [-0.4, -0.2) is 6.29 Å². The van der Waals surface area contributed by atoms with Gasteiger partial charge in [0.25, 0.3) is 0 Å². The first kappa shape index (κ1) is 13.3. The molecule has 1 spiro atoms. The minimum Gasteiger partial charge on any atom is -0.304 e. The highest BCUT2D eigenvalue weighted by Crippen LogP contribution is 2.50. The fraction of sp³-hybridized carbons (Fsp3) is 0.588. The zero-order valence-corrected chi connectivity index (χ0v) is 11.9. The summed E-state index contributed by atoms with van der Waals surface area (Å²) in [6, 6.07) is 4.62. The molecule has 1 saturated carbocycles. The molecule has 0 aliphatic heterocycles. The molecule has 0 saturated heterocycles. The maximum atomic E-state index is 8.81. The second-order valence-electron chi connectivity index (χ2n) is 5.95. The molecule has 2 aliphatic carbocycles. The Labute approximate surface area is 111 Å². The molecule has 0 atom stereocenters. The van der Waals surface area contributed by atoms with Crippen LogP contribution >= 0.6 is 0 Å². The lowest BCUT2D eigenvalue weighted by atomic mass is 9.83. The van der Waals surface area contributed by atoms with Gasteiger partial charge in [-0.3, -0.25) is 0 Å². The number of hydrogen-bond acceptors (Lipinski definition) is 1. The van der Waals surface area contributed by atoms with Gasteiger partial charge in [0.1, 0.15) is 6.29 Å². The molecule has 1 heteroatoms. The molecule has 0 amide bonds. The predicted octanol–water partition coefficient (Wildman–Crippen LogP) is 4.17. The van der Waals surface area contributed by atoms with E-state index in [0.717, 1.165) is 6.29 Å². The Hall–Kier alpha value is -1.11. The van der Waals surface area contributed by atoms with E-state index in [0.29, 0.717) is 5.41 Å². The molecule has 1 aromatic rings. The predicted molar refractivity (Wildman–Crippen MR) is 76.0 cm³/mol. The molecule has 1 fully saturated rings. The standard InChI is InChI=1S/C15H20.C2H4O/c1-11-5-6-12(2)14-10-15(9-13(11)14)7-3-4-8-15;1-2-3/h5-6H,3-4,7-10H2,1-2H3;2H,1H3. The van der Waals surface area contributed by atoms with Gasteiger partial charge < -0.3 is 4.79 Å². The van der Waals surface area contributed by atoms with Gasteiger partial charge in [-0.1, -0.05) is 25.0 Å². The van der Waals surface area contributed by atoms with Crippen LogP contribution in [0.3, 0.4) is 0 Å². The van der Waals surface area contributed by atoms with Crippen molar-refractivity contribution in [3.8, 4) is 0 Å². The number of benzene rings is 1. The maximum absolute atomic E-state index is 8.81. The Morgan fingerprint density at radius 1 is 1.00 bits per heavy atom. The normalized spacial score (nSPS) is 19.3. The van der Waals surface area contributed by atoms with Crippen molar-refractivity contribution in [2.24, 2.45) is 5.41 Å². The van der Waals surface area contributed by atoms with Crippen LogP contribution in [-0.2, 0) is 17.6 Å². The second kappa shape index (κ2) is 5.26. The van der Waals surface area contributed by atoms with Gasteiger partial charge in [-0.05, 0) is 74.1 Å². The molecule has 18 heavy (non-hydrogen) atoms. The van der Waals surface area contributed by atoms with Crippen molar-refractivity contribution in [3.63, 3.8) is 0 Å². The number of rotatable bonds is 0. The highest BCUT2D eigenvalue weighted by Gasteiger charge is 2.40. The third kappa shape index (κ3) is 2.36. The molecule has 0 N–H and O–H groups in total. The Balaban J connectivity index is 0.000000367. The van der Waals surface area contributed by atoms with Gasteiger partial charge in [0.05, 0.1) is 0 Å². The summed E-state index contributed by atoms with van der Waals surface area (Å²) in [5.74, 6) is 0. The lowest BCUT2D eigenvalue weighted by Gasteiger charge is -2.21. The van der Waals surface area contributed by atoms with Gasteiger partial charge in [0.15, 0.2) is 0 Å². The molecular weight excluding hydrogens is 220 g/mol. The molecule has 0 radical (unpaired) electrons. The molecule has 2 aliphatic rings. The molecule has 98 valence electrons. The third-order valence-electron chi connectivity index (χ3n) is 4.67. The van der Waals surface area contributed by atoms with Crippen LogP contribution in [0.4, 0.5) is 0 Å². The van der Waals surface area contributed by atoms with E-state index in [2.05, 4.69) is 26.0 Å². The van der Waals surface area contributed by atoms with Gasteiger partial charge in [-0.15, -0.1) is 0 Å². The lowest BCUT2D eigenvalue weighted by molar-refractivity contribution is -0.106. The SMILES string of the molecule is CC=O.Cc1ccc(C)c2c1CC1(CCCC1)C2. The van der Waals surface area contributed by atoms with Crippen LogP contribution in [0.1, 0.15) is 54.9 Å². The van der Waals surface area contributed by atoms with Crippen molar-refractivity contribution in [2.45, 2.75) is 59.3 Å². The summed E-state index contributed by atoms with van der Waals surface area (Å²) in [6.07, 6.45) is 9.37. The monoisotopic (exact) mass is 244 g/mol. The summed E-state index contributed by atoms with van der Waals surface area (Å²) < 4.78 is 0. The number of fused-ring (bicyclic) bond motifs is 1. The zero-order valence-electron chi connectivity index (χ0n) is 11.9. The average Bonchev–Trinajstić information content (AvgIpc) is 2.94. The van der Waals surface area contributed by atoms with E-state index >= 15 is 0 Å². The van der Waals surface area contributed by atoms with E-state index in [1.165, 1.54) is 56.6 Å². The summed E-state index contributed by atoms with van der Waals surface area (Å²) in [4.78, 5) is 8.81. The molecular formula is C17H24O. The summed E-state index contributed by atoms with van der Waals surface area (Å²) in [5.41, 5.74) is 7.12. The first-order chi connectivity index (χ1) is 8.62. The first-order valence-electron chi connectivity index (χ1n) is 7.10. The topological polar surface area (TPSA) is 17.1 Å². The summed E-state index contributed by atoms with van der Waals surface area (Å²) in [5, 5.41) is 0. The summed E-state index contributed by atoms with van der Waals surface area (Å²) in [7, 11) is 0. The number of carbonyl (C=O) groups is 1. The Kier molecular flexibility index (Phi) is 3.89. The van der Waals surface area contributed by atoms with Gasteiger partial charge in [0.2, 0.25) is 0 Å². The first-order valence-corrected chi connectivity index (χ1v) is 7.10. The van der Waals surface area contributed by atoms with Crippen molar-refractivity contribution in [3.05, 3.63) is 34.4 Å². The number of aldehydes is 1. The minimum absolute atomic E-state index is 0.680. The van der Waals surface area contributed by atoms with Gasteiger partial charge in [-0.2, -0.15) is 0 Å². The summed E-state index contributed by atoms with van der Waals surface area (Å²) in [6.45, 7) is 6.01. The van der Waals surface area contributed by atoms with Crippen LogP contribution in [0.5, 0.6) is 0 Å². The van der Waals surface area contributed by atoms with E-state index in [-0.39, 0.29) is 0 Å². The number of hydrogen-bond donors (Lipinski definition) is 0. The van der Waals surface area contributed by atoms with Crippen LogP contribution in [0.15, 0.2) is 12.1 Å². The fourth-order valence-electron chi connectivity index (χ4n) is 3.71. The quantitative estimate of drug-likeness (QED) is 0.626. The third-order valence-corrected chi connectivity index (χ3v) is 4.67. The van der Waals surface area contributed by atoms with Crippen LogP contribution in [0, 0.1) is 19.3 Å². The number of carbonyl (C=O) groups excluding carboxylic acids is 1. The molecule has 0 aromatic heterocycles. The van der Waals surface area contributed by atoms with Gasteiger partial charge in [0, 0.05) is 0 Å². The van der Waals surface area contributed by atoms with E-state index in [4.69, 9.17) is 4.79 Å². The summed E-state index contributed by atoms with van der Waals surface area (Å²) >= 11 is 0. The zero-order chi connectivity index (χ0) is 13.2. The van der Waals surface area contributed by atoms with Crippen molar-refractivity contribution < 1.29 is 4.79 Å². The molecule has 0 bridgehead atoms. The molecule has 0 heterocycles. The van der Waals surface area contributed by atoms with E-state index in [1.54, 1.807) is 11.1 Å². The molecule has 1 aromatic carbocycles. The minimum atomic E-state index is 0.680. The fourth-order valence-corrected chi connectivity index (χ4v) is 3.71. The van der Waals surface area contributed by atoms with E-state index in [9.17, 15) is 0 Å².